The molecule has 0 atom stereocenters. The van der Waals surface area contributed by atoms with Crippen LogP contribution in [0.3, 0.4) is 0 Å². The van der Waals surface area contributed by atoms with E-state index >= 15 is 0 Å². The lowest BCUT2D eigenvalue weighted by Crippen LogP contribution is -2.00. The summed E-state index contributed by atoms with van der Waals surface area (Å²) in [6.07, 6.45) is 1.83. The molecule has 100 valence electrons. The van der Waals surface area contributed by atoms with E-state index in [-0.39, 0.29) is 0 Å². The summed E-state index contributed by atoms with van der Waals surface area (Å²) in [5.41, 5.74) is 3.32. The topological polar surface area (TPSA) is 24.9 Å². The van der Waals surface area contributed by atoms with E-state index < -0.39 is 0 Å². The molecule has 0 radical (unpaired) electrons. The molecule has 3 aromatic rings. The molecular weight excluding hydrogens is 380 g/mol. The second kappa shape index (κ2) is 5.94. The number of fused-ring (bicyclic) bond motifs is 1. The normalized spacial score (nSPS) is 10.7. The zero-order valence-corrected chi connectivity index (χ0v) is 13.8. The minimum Gasteiger partial charge on any atom is -0.380 e. The van der Waals surface area contributed by atoms with E-state index in [9.17, 15) is 0 Å². The Bertz CT molecular complexity index is 742. The highest BCUT2D eigenvalue weighted by molar-refractivity contribution is 9.13. The van der Waals surface area contributed by atoms with Crippen molar-refractivity contribution in [2.24, 2.45) is 0 Å². The molecule has 0 aliphatic heterocycles. The number of rotatable bonds is 3. The first kappa shape index (κ1) is 13.6. The maximum Gasteiger partial charge on any atom is 0.0734 e. The van der Waals surface area contributed by atoms with Crippen molar-refractivity contribution >= 4 is 48.5 Å². The number of benzene rings is 2. The Labute approximate surface area is 134 Å². The molecule has 0 amide bonds. The lowest BCUT2D eigenvalue weighted by atomic mass is 10.1. The minimum absolute atomic E-state index is 0.799. The third-order valence-corrected chi connectivity index (χ3v) is 4.95. The first-order valence-corrected chi connectivity index (χ1v) is 7.84. The molecule has 2 nitrogen and oxygen atoms in total. The van der Waals surface area contributed by atoms with Gasteiger partial charge < -0.3 is 5.32 Å². The number of halogens is 2. The van der Waals surface area contributed by atoms with Crippen molar-refractivity contribution in [3.05, 3.63) is 69.2 Å². The van der Waals surface area contributed by atoms with Crippen LogP contribution in [0.15, 0.2) is 63.7 Å². The Morgan fingerprint density at radius 2 is 1.70 bits per heavy atom. The van der Waals surface area contributed by atoms with Gasteiger partial charge in [-0.2, -0.15) is 0 Å². The number of hydrogen-bond acceptors (Lipinski definition) is 2. The standard InChI is InChI=1S/C16H12Br2N2/c17-13-8-12-15(6-7-19-16(12)9-14(13)18)20-10-11-4-2-1-3-5-11/h1-9H,10H2,(H,19,20). The van der Waals surface area contributed by atoms with Crippen LogP contribution in [-0.4, -0.2) is 4.98 Å². The maximum absolute atomic E-state index is 4.41. The van der Waals surface area contributed by atoms with Gasteiger partial charge in [0, 0.05) is 32.8 Å². The van der Waals surface area contributed by atoms with Gasteiger partial charge in [-0.3, -0.25) is 4.98 Å². The Balaban J connectivity index is 1.93. The van der Waals surface area contributed by atoms with Gasteiger partial charge in [0.1, 0.15) is 0 Å². The molecule has 0 unspecified atom stereocenters. The third kappa shape index (κ3) is 2.86. The maximum atomic E-state index is 4.41. The summed E-state index contributed by atoms with van der Waals surface area (Å²) in [7, 11) is 0. The number of hydrogen-bond donors (Lipinski definition) is 1. The second-order valence-electron chi connectivity index (χ2n) is 4.48. The number of nitrogens with zero attached hydrogens (tertiary/aromatic N) is 1. The Morgan fingerprint density at radius 3 is 2.50 bits per heavy atom. The van der Waals surface area contributed by atoms with Gasteiger partial charge in [0.05, 0.1) is 5.52 Å². The molecule has 1 aromatic heterocycles. The number of aromatic nitrogens is 1. The van der Waals surface area contributed by atoms with Gasteiger partial charge in [0.2, 0.25) is 0 Å². The molecule has 20 heavy (non-hydrogen) atoms. The zero-order chi connectivity index (χ0) is 13.9. The molecule has 1 N–H and O–H groups in total. The van der Waals surface area contributed by atoms with Crippen LogP contribution in [-0.2, 0) is 6.54 Å². The van der Waals surface area contributed by atoms with Gasteiger partial charge in [0.25, 0.3) is 0 Å². The smallest absolute Gasteiger partial charge is 0.0734 e. The lowest BCUT2D eigenvalue weighted by molar-refractivity contribution is 1.15. The minimum atomic E-state index is 0.799. The highest BCUT2D eigenvalue weighted by atomic mass is 79.9. The van der Waals surface area contributed by atoms with Crippen molar-refractivity contribution < 1.29 is 0 Å². The van der Waals surface area contributed by atoms with Crippen LogP contribution in [0.4, 0.5) is 5.69 Å². The van der Waals surface area contributed by atoms with E-state index in [1.807, 2.05) is 24.4 Å². The van der Waals surface area contributed by atoms with Gasteiger partial charge in [-0.25, -0.2) is 0 Å². The van der Waals surface area contributed by atoms with Crippen molar-refractivity contribution in [1.82, 2.24) is 4.98 Å². The summed E-state index contributed by atoms with van der Waals surface area (Å²) >= 11 is 7.05. The third-order valence-electron chi connectivity index (χ3n) is 3.11. The molecule has 2 aromatic carbocycles. The van der Waals surface area contributed by atoms with Crippen molar-refractivity contribution in [3.8, 4) is 0 Å². The van der Waals surface area contributed by atoms with E-state index in [1.165, 1.54) is 5.56 Å². The van der Waals surface area contributed by atoms with Crippen LogP contribution in [0.1, 0.15) is 5.56 Å². The van der Waals surface area contributed by atoms with Crippen LogP contribution in [0.5, 0.6) is 0 Å². The van der Waals surface area contributed by atoms with Crippen molar-refractivity contribution in [2.45, 2.75) is 6.54 Å². The summed E-state index contributed by atoms with van der Waals surface area (Å²) in [5, 5.41) is 4.58. The van der Waals surface area contributed by atoms with E-state index in [1.54, 1.807) is 0 Å². The largest absolute Gasteiger partial charge is 0.380 e. The monoisotopic (exact) mass is 390 g/mol. The number of anilines is 1. The Hall–Kier alpha value is -1.39. The molecule has 0 fully saturated rings. The van der Waals surface area contributed by atoms with Gasteiger partial charge in [-0.1, -0.05) is 30.3 Å². The van der Waals surface area contributed by atoms with Gasteiger partial charge >= 0.3 is 0 Å². The molecule has 0 saturated carbocycles. The quantitative estimate of drug-likeness (QED) is 0.648. The Kier molecular flexibility index (Phi) is 4.03. The average molecular weight is 392 g/mol. The summed E-state index contributed by atoms with van der Waals surface area (Å²) in [6.45, 7) is 0.799. The first-order valence-electron chi connectivity index (χ1n) is 6.25. The van der Waals surface area contributed by atoms with Crippen LogP contribution in [0.2, 0.25) is 0 Å². The van der Waals surface area contributed by atoms with Crippen molar-refractivity contribution in [1.29, 1.82) is 0 Å². The zero-order valence-electron chi connectivity index (χ0n) is 10.6. The van der Waals surface area contributed by atoms with Gasteiger partial charge in [0.15, 0.2) is 0 Å². The highest BCUT2D eigenvalue weighted by Gasteiger charge is 2.05. The van der Waals surface area contributed by atoms with E-state index in [2.05, 4.69) is 72.5 Å². The van der Waals surface area contributed by atoms with Crippen molar-refractivity contribution in [2.75, 3.05) is 5.32 Å². The first-order chi connectivity index (χ1) is 9.74. The fraction of sp³-hybridized carbons (Fsp3) is 0.0625. The van der Waals surface area contributed by atoms with E-state index in [0.29, 0.717) is 0 Å². The summed E-state index contributed by atoms with van der Waals surface area (Å²) in [4.78, 5) is 4.41. The molecular formula is C16H12Br2N2. The molecule has 1 heterocycles. The number of pyridine rings is 1. The molecule has 0 spiro atoms. The van der Waals surface area contributed by atoms with Crippen LogP contribution in [0.25, 0.3) is 10.9 Å². The Morgan fingerprint density at radius 1 is 0.950 bits per heavy atom. The molecule has 4 heteroatoms. The summed E-state index contributed by atoms with van der Waals surface area (Å²) in [6, 6.07) is 16.5. The molecule has 0 aliphatic rings. The van der Waals surface area contributed by atoms with Crippen LogP contribution < -0.4 is 5.32 Å². The van der Waals surface area contributed by atoms with Gasteiger partial charge in [-0.15, -0.1) is 0 Å². The number of nitrogens with one attached hydrogen (secondary N) is 1. The summed E-state index contributed by atoms with van der Waals surface area (Å²) in [5.74, 6) is 0. The SMILES string of the molecule is Brc1cc2nccc(NCc3ccccc3)c2cc1Br. The molecule has 0 aliphatic carbocycles. The molecule has 3 rings (SSSR count). The summed E-state index contributed by atoms with van der Waals surface area (Å²) < 4.78 is 2.04. The van der Waals surface area contributed by atoms with E-state index in [0.717, 1.165) is 32.1 Å². The average Bonchev–Trinajstić information content (AvgIpc) is 2.47. The predicted octanol–water partition coefficient (Wildman–Crippen LogP) is 5.37. The second-order valence-corrected chi connectivity index (χ2v) is 6.19. The lowest BCUT2D eigenvalue weighted by Gasteiger charge is -2.10. The fourth-order valence-electron chi connectivity index (χ4n) is 2.09. The van der Waals surface area contributed by atoms with E-state index in [4.69, 9.17) is 0 Å². The molecule has 0 bridgehead atoms. The van der Waals surface area contributed by atoms with Gasteiger partial charge in [-0.05, 0) is 55.6 Å². The molecule has 0 saturated heterocycles. The van der Waals surface area contributed by atoms with Crippen LogP contribution in [0, 0.1) is 0 Å². The van der Waals surface area contributed by atoms with Crippen LogP contribution >= 0.6 is 31.9 Å². The predicted molar refractivity (Wildman–Crippen MR) is 90.9 cm³/mol. The van der Waals surface area contributed by atoms with Crippen molar-refractivity contribution in [3.63, 3.8) is 0 Å². The fourth-order valence-corrected chi connectivity index (χ4v) is 2.76. The highest BCUT2D eigenvalue weighted by Crippen LogP contribution is 2.31.